The van der Waals surface area contributed by atoms with Crippen LogP contribution in [0, 0.1) is 13.8 Å². The van der Waals surface area contributed by atoms with Crippen LogP contribution in [0.2, 0.25) is 5.02 Å². The lowest BCUT2D eigenvalue weighted by Gasteiger charge is -2.25. The Labute approximate surface area is 165 Å². The van der Waals surface area contributed by atoms with E-state index >= 15 is 0 Å². The molecular weight excluding hydrogens is 358 g/mol. The second-order valence-electron chi connectivity index (χ2n) is 7.06. The summed E-state index contributed by atoms with van der Waals surface area (Å²) in [6, 6.07) is 15.9. The number of aryl methyl sites for hydroxylation is 2. The van der Waals surface area contributed by atoms with Crippen LogP contribution in [0.15, 0.2) is 48.5 Å². The predicted molar refractivity (Wildman–Crippen MR) is 111 cm³/mol. The molecule has 2 aromatic carbocycles. The summed E-state index contributed by atoms with van der Waals surface area (Å²) in [6.07, 6.45) is 0. The standard InChI is InChI=1S/C22H24ClN3O/c1-14-5-7-16(8-6-14)21(26(3)4)13-24-22(27)19-12-17-11-18(23)9-10-20(17)25-15(19)2/h5-12,21H,13H2,1-4H3,(H,24,27). The predicted octanol–water partition coefficient (Wildman–Crippen LogP) is 4.54. The monoisotopic (exact) mass is 381 g/mol. The quantitative estimate of drug-likeness (QED) is 0.705. The van der Waals surface area contributed by atoms with E-state index in [1.807, 2.05) is 39.2 Å². The van der Waals surface area contributed by atoms with Crippen LogP contribution in [0.5, 0.6) is 0 Å². The molecule has 0 radical (unpaired) electrons. The Bertz CT molecular complexity index is 967. The molecule has 1 heterocycles. The number of carbonyl (C=O) groups excluding carboxylic acids is 1. The van der Waals surface area contributed by atoms with E-state index < -0.39 is 0 Å². The second-order valence-corrected chi connectivity index (χ2v) is 7.49. The van der Waals surface area contributed by atoms with Gasteiger partial charge in [0, 0.05) is 17.0 Å². The van der Waals surface area contributed by atoms with E-state index in [4.69, 9.17) is 11.6 Å². The van der Waals surface area contributed by atoms with Crippen LogP contribution in [0.25, 0.3) is 10.9 Å². The smallest absolute Gasteiger partial charge is 0.253 e. The fraction of sp³-hybridized carbons (Fsp3) is 0.273. The molecule has 27 heavy (non-hydrogen) atoms. The number of likely N-dealkylation sites (N-methyl/N-ethyl adjacent to an activating group) is 1. The first-order valence-electron chi connectivity index (χ1n) is 8.93. The van der Waals surface area contributed by atoms with Crippen molar-refractivity contribution in [2.24, 2.45) is 0 Å². The van der Waals surface area contributed by atoms with Gasteiger partial charge in [-0.15, -0.1) is 0 Å². The van der Waals surface area contributed by atoms with Crippen LogP contribution in [0.1, 0.15) is 33.2 Å². The first-order chi connectivity index (χ1) is 12.8. The Morgan fingerprint density at radius 2 is 1.81 bits per heavy atom. The molecule has 0 fully saturated rings. The Hall–Kier alpha value is -2.43. The molecule has 140 valence electrons. The van der Waals surface area contributed by atoms with E-state index in [1.54, 1.807) is 6.07 Å². The molecule has 1 N–H and O–H groups in total. The van der Waals surface area contributed by atoms with Gasteiger partial charge in [0.25, 0.3) is 5.91 Å². The molecule has 0 bridgehead atoms. The number of benzene rings is 2. The maximum absolute atomic E-state index is 12.8. The third-order valence-electron chi connectivity index (χ3n) is 4.75. The van der Waals surface area contributed by atoms with Crippen molar-refractivity contribution in [3.05, 3.63) is 75.9 Å². The van der Waals surface area contributed by atoms with E-state index in [-0.39, 0.29) is 11.9 Å². The van der Waals surface area contributed by atoms with E-state index in [9.17, 15) is 4.79 Å². The first-order valence-corrected chi connectivity index (χ1v) is 9.31. The molecule has 0 saturated heterocycles. The van der Waals surface area contributed by atoms with Crippen LogP contribution in [-0.4, -0.2) is 36.4 Å². The molecule has 1 atom stereocenters. The lowest BCUT2D eigenvalue weighted by atomic mass is 10.0. The highest BCUT2D eigenvalue weighted by Crippen LogP contribution is 2.22. The average molecular weight is 382 g/mol. The zero-order chi connectivity index (χ0) is 19.6. The van der Waals surface area contributed by atoms with Crippen molar-refractivity contribution in [1.29, 1.82) is 0 Å². The molecule has 0 aliphatic heterocycles. The number of fused-ring (bicyclic) bond motifs is 1. The lowest BCUT2D eigenvalue weighted by molar-refractivity contribution is 0.0941. The summed E-state index contributed by atoms with van der Waals surface area (Å²) in [7, 11) is 4.03. The summed E-state index contributed by atoms with van der Waals surface area (Å²) in [4.78, 5) is 19.4. The number of amides is 1. The molecular formula is C22H24ClN3O. The Kier molecular flexibility index (Phi) is 5.78. The Balaban J connectivity index is 1.80. The number of hydrogen-bond donors (Lipinski definition) is 1. The normalized spacial score (nSPS) is 12.4. The Morgan fingerprint density at radius 1 is 1.11 bits per heavy atom. The molecule has 5 heteroatoms. The van der Waals surface area contributed by atoms with Crippen molar-refractivity contribution in [2.75, 3.05) is 20.6 Å². The molecule has 0 saturated carbocycles. The van der Waals surface area contributed by atoms with Crippen LogP contribution < -0.4 is 5.32 Å². The van der Waals surface area contributed by atoms with Gasteiger partial charge in [0.05, 0.1) is 22.8 Å². The average Bonchev–Trinajstić information content (AvgIpc) is 2.62. The third kappa shape index (κ3) is 4.46. The van der Waals surface area contributed by atoms with E-state index in [0.29, 0.717) is 22.8 Å². The molecule has 3 rings (SSSR count). The molecule has 0 spiro atoms. The highest BCUT2D eigenvalue weighted by Gasteiger charge is 2.17. The minimum Gasteiger partial charge on any atom is -0.350 e. The summed E-state index contributed by atoms with van der Waals surface area (Å²) in [5.41, 5.74) is 4.51. The summed E-state index contributed by atoms with van der Waals surface area (Å²) in [6.45, 7) is 4.44. The largest absolute Gasteiger partial charge is 0.350 e. The number of aromatic nitrogens is 1. The molecule has 4 nitrogen and oxygen atoms in total. The second kappa shape index (κ2) is 8.07. The number of carbonyl (C=O) groups is 1. The van der Waals surface area contributed by atoms with Crippen LogP contribution in [0.4, 0.5) is 0 Å². The van der Waals surface area contributed by atoms with Crippen molar-refractivity contribution in [3.8, 4) is 0 Å². The van der Waals surface area contributed by atoms with Gasteiger partial charge in [0.1, 0.15) is 0 Å². The van der Waals surface area contributed by atoms with Gasteiger partial charge in [-0.3, -0.25) is 9.78 Å². The number of rotatable bonds is 5. The van der Waals surface area contributed by atoms with Gasteiger partial charge in [-0.25, -0.2) is 0 Å². The van der Waals surface area contributed by atoms with Crippen LogP contribution in [0.3, 0.4) is 0 Å². The van der Waals surface area contributed by atoms with Gasteiger partial charge in [-0.1, -0.05) is 41.4 Å². The number of nitrogens with zero attached hydrogens (tertiary/aromatic N) is 2. The molecule has 1 unspecified atom stereocenters. The van der Waals surface area contributed by atoms with Crippen molar-refractivity contribution < 1.29 is 4.79 Å². The zero-order valence-electron chi connectivity index (χ0n) is 16.1. The fourth-order valence-corrected chi connectivity index (χ4v) is 3.33. The maximum atomic E-state index is 12.8. The summed E-state index contributed by atoms with van der Waals surface area (Å²) < 4.78 is 0. The van der Waals surface area contributed by atoms with Gasteiger partial charge in [0.15, 0.2) is 0 Å². The highest BCUT2D eigenvalue weighted by molar-refractivity contribution is 6.31. The van der Waals surface area contributed by atoms with E-state index in [0.717, 1.165) is 10.9 Å². The van der Waals surface area contributed by atoms with Crippen molar-refractivity contribution in [1.82, 2.24) is 15.2 Å². The lowest BCUT2D eigenvalue weighted by Crippen LogP contribution is -2.35. The number of nitrogens with one attached hydrogen (secondary N) is 1. The first kappa shape index (κ1) is 19.3. The minimum atomic E-state index is -0.124. The SMILES string of the molecule is Cc1ccc(C(CNC(=O)c2cc3cc(Cl)ccc3nc2C)N(C)C)cc1. The number of halogens is 1. The van der Waals surface area contributed by atoms with Crippen molar-refractivity contribution >= 4 is 28.4 Å². The van der Waals surface area contributed by atoms with Crippen molar-refractivity contribution in [2.45, 2.75) is 19.9 Å². The van der Waals surface area contributed by atoms with E-state index in [1.165, 1.54) is 11.1 Å². The zero-order valence-corrected chi connectivity index (χ0v) is 16.8. The molecule has 3 aromatic rings. The number of hydrogen-bond acceptors (Lipinski definition) is 3. The van der Waals surface area contributed by atoms with Gasteiger partial charge < -0.3 is 10.2 Å². The third-order valence-corrected chi connectivity index (χ3v) is 4.99. The molecule has 1 aromatic heterocycles. The van der Waals surface area contributed by atoms with Gasteiger partial charge in [0.2, 0.25) is 0 Å². The molecule has 0 aliphatic carbocycles. The summed E-state index contributed by atoms with van der Waals surface area (Å²) in [5.74, 6) is -0.124. The van der Waals surface area contributed by atoms with E-state index in [2.05, 4.69) is 46.4 Å². The highest BCUT2D eigenvalue weighted by atomic mass is 35.5. The number of pyridine rings is 1. The maximum Gasteiger partial charge on any atom is 0.253 e. The minimum absolute atomic E-state index is 0.0951. The molecule has 1 amide bonds. The summed E-state index contributed by atoms with van der Waals surface area (Å²) in [5, 5.41) is 4.55. The fourth-order valence-electron chi connectivity index (χ4n) is 3.15. The topological polar surface area (TPSA) is 45.2 Å². The summed E-state index contributed by atoms with van der Waals surface area (Å²) >= 11 is 6.07. The Morgan fingerprint density at radius 3 is 2.48 bits per heavy atom. The van der Waals surface area contributed by atoms with Crippen LogP contribution >= 0.6 is 11.6 Å². The van der Waals surface area contributed by atoms with Gasteiger partial charge in [-0.05, 0) is 57.8 Å². The van der Waals surface area contributed by atoms with Gasteiger partial charge in [-0.2, -0.15) is 0 Å². The van der Waals surface area contributed by atoms with Crippen molar-refractivity contribution in [3.63, 3.8) is 0 Å². The van der Waals surface area contributed by atoms with Gasteiger partial charge >= 0.3 is 0 Å². The van der Waals surface area contributed by atoms with Crippen LogP contribution in [-0.2, 0) is 0 Å². The molecule has 0 aliphatic rings.